The lowest BCUT2D eigenvalue weighted by Gasteiger charge is -2.21. The molecule has 1 aromatic carbocycles. The van der Waals surface area contributed by atoms with E-state index in [-0.39, 0.29) is 17.2 Å². The summed E-state index contributed by atoms with van der Waals surface area (Å²) in [6.45, 7) is 0.392. The molecule has 5 heteroatoms. The van der Waals surface area contributed by atoms with Crippen molar-refractivity contribution in [3.63, 3.8) is 0 Å². The quantitative estimate of drug-likeness (QED) is 0.751. The molecule has 0 bridgehead atoms. The van der Waals surface area contributed by atoms with E-state index >= 15 is 0 Å². The molecule has 0 unspecified atom stereocenters. The van der Waals surface area contributed by atoms with Crippen LogP contribution in [0.2, 0.25) is 0 Å². The maximum Gasteiger partial charge on any atom is 0.135 e. The molecule has 0 aromatic heterocycles. The van der Waals surface area contributed by atoms with Gasteiger partial charge in [-0.15, -0.1) is 0 Å². The lowest BCUT2D eigenvalue weighted by molar-refractivity contribution is 0.304. The maximum atomic E-state index is 13.4. The van der Waals surface area contributed by atoms with E-state index in [4.69, 9.17) is 23.1 Å². The van der Waals surface area contributed by atoms with Crippen LogP contribution in [0, 0.1) is 5.82 Å². The Hall–Kier alpha value is -1.20. The minimum Gasteiger partial charge on any atom is -0.395 e. The highest BCUT2D eigenvalue weighted by Gasteiger charge is 2.13. The third-order valence-corrected chi connectivity index (χ3v) is 2.29. The summed E-state index contributed by atoms with van der Waals surface area (Å²) in [5, 5.41) is 8.80. The van der Waals surface area contributed by atoms with Crippen molar-refractivity contribution in [3.8, 4) is 0 Å². The number of benzene rings is 1. The summed E-state index contributed by atoms with van der Waals surface area (Å²) in [6, 6.07) is 4.61. The molecule has 0 saturated heterocycles. The third-order valence-electron chi connectivity index (χ3n) is 2.08. The monoisotopic (exact) mass is 228 g/mol. The van der Waals surface area contributed by atoms with Gasteiger partial charge < -0.3 is 15.7 Å². The Morgan fingerprint density at radius 1 is 1.60 bits per heavy atom. The topological polar surface area (TPSA) is 49.5 Å². The zero-order chi connectivity index (χ0) is 11.4. The Balaban J connectivity index is 3.16. The number of hydrogen-bond donors (Lipinski definition) is 2. The Morgan fingerprint density at radius 2 is 2.27 bits per heavy atom. The summed E-state index contributed by atoms with van der Waals surface area (Å²) in [6.07, 6.45) is 0. The fraction of sp³-hybridized carbons (Fsp3) is 0.300. The van der Waals surface area contributed by atoms with Gasteiger partial charge in [-0.1, -0.05) is 18.3 Å². The van der Waals surface area contributed by atoms with E-state index in [0.29, 0.717) is 12.2 Å². The van der Waals surface area contributed by atoms with Crippen molar-refractivity contribution in [3.05, 3.63) is 29.6 Å². The second kappa shape index (κ2) is 5.04. The molecule has 0 fully saturated rings. The van der Waals surface area contributed by atoms with Crippen molar-refractivity contribution in [2.45, 2.75) is 0 Å². The smallest absolute Gasteiger partial charge is 0.135 e. The second-order valence-electron chi connectivity index (χ2n) is 3.14. The van der Waals surface area contributed by atoms with Gasteiger partial charge >= 0.3 is 0 Å². The van der Waals surface area contributed by atoms with E-state index in [1.54, 1.807) is 24.1 Å². The molecule has 1 aromatic rings. The van der Waals surface area contributed by atoms with Gasteiger partial charge in [0.1, 0.15) is 10.8 Å². The largest absolute Gasteiger partial charge is 0.395 e. The molecule has 0 spiro atoms. The Labute approximate surface area is 93.3 Å². The molecule has 0 aliphatic carbocycles. The highest BCUT2D eigenvalue weighted by atomic mass is 32.1. The minimum atomic E-state index is -0.440. The first-order valence-corrected chi connectivity index (χ1v) is 4.89. The normalized spacial score (nSPS) is 10.1. The number of anilines is 1. The molecule has 0 radical (unpaired) electrons. The first-order chi connectivity index (χ1) is 7.07. The van der Waals surface area contributed by atoms with Crippen LogP contribution in [0.5, 0.6) is 0 Å². The molecule has 3 N–H and O–H groups in total. The molecule has 0 heterocycles. The number of rotatable bonds is 4. The molecule has 0 amide bonds. The second-order valence-corrected chi connectivity index (χ2v) is 3.58. The number of nitrogens with zero attached hydrogens (tertiary/aromatic N) is 1. The fourth-order valence-corrected chi connectivity index (χ4v) is 1.55. The molecule has 1 rings (SSSR count). The van der Waals surface area contributed by atoms with Crippen LogP contribution in [-0.4, -0.2) is 30.3 Å². The van der Waals surface area contributed by atoms with Crippen LogP contribution >= 0.6 is 12.2 Å². The number of likely N-dealkylation sites (N-methyl/N-ethyl adjacent to an activating group) is 1. The zero-order valence-electron chi connectivity index (χ0n) is 8.40. The van der Waals surface area contributed by atoms with Crippen molar-refractivity contribution in [1.82, 2.24) is 0 Å². The van der Waals surface area contributed by atoms with E-state index in [9.17, 15) is 4.39 Å². The van der Waals surface area contributed by atoms with E-state index in [1.165, 1.54) is 6.07 Å². The third kappa shape index (κ3) is 2.64. The SMILES string of the molecule is CN(CCO)c1cccc(F)c1C(N)=S. The van der Waals surface area contributed by atoms with Crippen molar-refractivity contribution < 1.29 is 9.50 Å². The highest BCUT2D eigenvalue weighted by molar-refractivity contribution is 7.80. The lowest BCUT2D eigenvalue weighted by atomic mass is 10.1. The van der Waals surface area contributed by atoms with Crippen LogP contribution in [0.25, 0.3) is 0 Å². The van der Waals surface area contributed by atoms with Gasteiger partial charge in [0, 0.05) is 19.3 Å². The van der Waals surface area contributed by atoms with Gasteiger partial charge in [-0.05, 0) is 12.1 Å². The molecule has 0 atom stereocenters. The molecule has 15 heavy (non-hydrogen) atoms. The van der Waals surface area contributed by atoms with E-state index < -0.39 is 5.82 Å². The number of halogens is 1. The van der Waals surface area contributed by atoms with Crippen LogP contribution in [0.15, 0.2) is 18.2 Å². The highest BCUT2D eigenvalue weighted by Crippen LogP contribution is 2.21. The molecule has 0 aliphatic heterocycles. The van der Waals surface area contributed by atoms with Gasteiger partial charge in [0.25, 0.3) is 0 Å². The van der Waals surface area contributed by atoms with Gasteiger partial charge in [0.05, 0.1) is 12.2 Å². The predicted molar refractivity (Wildman–Crippen MR) is 62.6 cm³/mol. The Morgan fingerprint density at radius 3 is 2.80 bits per heavy atom. The summed E-state index contributed by atoms with van der Waals surface area (Å²) in [5.74, 6) is -0.440. The fourth-order valence-electron chi connectivity index (χ4n) is 1.35. The molecule has 3 nitrogen and oxygen atoms in total. The molecule has 0 saturated carbocycles. The summed E-state index contributed by atoms with van der Waals surface area (Å²) in [4.78, 5) is 1.73. The number of nitrogens with two attached hydrogens (primary N) is 1. The lowest BCUT2D eigenvalue weighted by Crippen LogP contribution is -2.25. The van der Waals surface area contributed by atoms with Crippen LogP contribution in [0.1, 0.15) is 5.56 Å². The van der Waals surface area contributed by atoms with Gasteiger partial charge in [0.15, 0.2) is 0 Å². The summed E-state index contributed by atoms with van der Waals surface area (Å²) in [7, 11) is 1.74. The van der Waals surface area contributed by atoms with Crippen molar-refractivity contribution >= 4 is 22.9 Å². The van der Waals surface area contributed by atoms with E-state index in [1.807, 2.05) is 0 Å². The molecular formula is C10H13FN2OS. The Kier molecular flexibility index (Phi) is 3.99. The Bertz CT molecular complexity index is 370. The van der Waals surface area contributed by atoms with Crippen molar-refractivity contribution in [2.75, 3.05) is 25.1 Å². The molecular weight excluding hydrogens is 215 g/mol. The van der Waals surface area contributed by atoms with Crippen LogP contribution in [0.4, 0.5) is 10.1 Å². The van der Waals surface area contributed by atoms with E-state index in [0.717, 1.165) is 0 Å². The molecule has 0 aliphatic rings. The standard InChI is InChI=1S/C10H13FN2OS/c1-13(5-6-14)8-4-2-3-7(11)9(8)10(12)15/h2-4,14H,5-6H2,1H3,(H2,12,15). The number of thiocarbonyl (C=S) groups is 1. The van der Waals surface area contributed by atoms with Crippen molar-refractivity contribution in [2.24, 2.45) is 5.73 Å². The first kappa shape index (κ1) is 11.9. The number of hydrogen-bond acceptors (Lipinski definition) is 3. The van der Waals surface area contributed by atoms with Gasteiger partial charge in [-0.3, -0.25) is 0 Å². The van der Waals surface area contributed by atoms with Crippen molar-refractivity contribution in [1.29, 1.82) is 0 Å². The summed E-state index contributed by atoms with van der Waals surface area (Å²) >= 11 is 4.79. The zero-order valence-corrected chi connectivity index (χ0v) is 9.22. The maximum absolute atomic E-state index is 13.4. The number of aliphatic hydroxyl groups excluding tert-OH is 1. The van der Waals surface area contributed by atoms with Gasteiger partial charge in [0.2, 0.25) is 0 Å². The molecule has 82 valence electrons. The van der Waals surface area contributed by atoms with Gasteiger partial charge in [-0.2, -0.15) is 0 Å². The predicted octanol–water partition coefficient (Wildman–Crippen LogP) is 0.888. The van der Waals surface area contributed by atoms with Crippen LogP contribution < -0.4 is 10.6 Å². The minimum absolute atomic E-state index is 0.0101. The number of aliphatic hydroxyl groups is 1. The van der Waals surface area contributed by atoms with E-state index in [2.05, 4.69) is 0 Å². The summed E-state index contributed by atoms with van der Waals surface area (Å²) in [5.41, 5.74) is 6.27. The average molecular weight is 228 g/mol. The van der Waals surface area contributed by atoms with Gasteiger partial charge in [-0.25, -0.2) is 4.39 Å². The summed E-state index contributed by atoms with van der Waals surface area (Å²) < 4.78 is 13.4. The average Bonchev–Trinajstić information content (AvgIpc) is 2.17. The van der Waals surface area contributed by atoms with Crippen LogP contribution in [-0.2, 0) is 0 Å². The first-order valence-electron chi connectivity index (χ1n) is 4.48. The van der Waals surface area contributed by atoms with Crippen LogP contribution in [0.3, 0.4) is 0 Å².